The number of hydrogen-bond donors (Lipinski definition) is 8. The van der Waals surface area contributed by atoms with Crippen molar-refractivity contribution in [2.45, 2.75) is 56.8 Å². The highest BCUT2D eigenvalue weighted by atomic mass is 16.4. The van der Waals surface area contributed by atoms with E-state index >= 15 is 0 Å². The summed E-state index contributed by atoms with van der Waals surface area (Å²) in [6.45, 7) is 0.906. The van der Waals surface area contributed by atoms with Crippen LogP contribution in [0.2, 0.25) is 0 Å². The van der Waals surface area contributed by atoms with Crippen LogP contribution in [-0.2, 0) is 24.0 Å². The topological polar surface area (TPSA) is 240 Å². The number of aliphatic hydroxyl groups excluding tert-OH is 1. The predicted molar refractivity (Wildman–Crippen MR) is 101 cm³/mol. The maximum absolute atomic E-state index is 12.5. The Morgan fingerprint density at radius 1 is 1.00 bits per heavy atom. The number of carbonyl (C=O) groups is 5. The van der Waals surface area contributed by atoms with Crippen LogP contribution in [0.4, 0.5) is 0 Å². The molecule has 13 heteroatoms. The molecule has 4 atom stereocenters. The Morgan fingerprint density at radius 2 is 1.62 bits per heavy atom. The van der Waals surface area contributed by atoms with E-state index in [4.69, 9.17) is 22.3 Å². The summed E-state index contributed by atoms with van der Waals surface area (Å²) in [4.78, 5) is 58.4. The SMILES string of the molecule is CC(O)C(NC(=O)C(CC(N)=O)NC(=O)C(N)CCCCN)C(=O)NCC(=O)O. The first-order valence-electron chi connectivity index (χ1n) is 9.01. The first-order valence-corrected chi connectivity index (χ1v) is 9.01. The van der Waals surface area contributed by atoms with Crippen molar-refractivity contribution in [3.63, 3.8) is 0 Å². The van der Waals surface area contributed by atoms with Crippen LogP contribution < -0.4 is 33.2 Å². The van der Waals surface area contributed by atoms with Gasteiger partial charge in [-0.25, -0.2) is 0 Å². The minimum atomic E-state index is -1.52. The molecule has 0 aliphatic rings. The smallest absolute Gasteiger partial charge is 0.322 e. The van der Waals surface area contributed by atoms with Crippen LogP contribution in [-0.4, -0.2) is 77.1 Å². The van der Waals surface area contributed by atoms with Gasteiger partial charge in [-0.3, -0.25) is 24.0 Å². The maximum Gasteiger partial charge on any atom is 0.322 e. The third-order valence-corrected chi connectivity index (χ3v) is 3.82. The number of nitrogens with one attached hydrogen (secondary N) is 3. The standard InChI is InChI=1S/C16H30N6O7/c1-8(23)13(16(29)20-7-12(25)26)22-15(28)10(6-11(19)24)21-14(27)9(18)4-2-3-5-17/h8-10,13,23H,2-7,17-18H2,1H3,(H2,19,24)(H,20,29)(H,21,27)(H,22,28)(H,25,26). The molecule has 0 radical (unpaired) electrons. The first-order chi connectivity index (χ1) is 13.5. The van der Waals surface area contributed by atoms with Gasteiger partial charge in [-0.2, -0.15) is 0 Å². The third-order valence-electron chi connectivity index (χ3n) is 3.82. The molecule has 0 aromatic heterocycles. The zero-order chi connectivity index (χ0) is 22.6. The van der Waals surface area contributed by atoms with Gasteiger partial charge < -0.3 is 43.4 Å². The van der Waals surface area contributed by atoms with Crippen LogP contribution >= 0.6 is 0 Å². The van der Waals surface area contributed by atoms with Crippen molar-refractivity contribution in [2.75, 3.05) is 13.1 Å². The molecule has 0 fully saturated rings. The zero-order valence-electron chi connectivity index (χ0n) is 16.2. The number of carboxylic acid groups (broad SMARTS) is 1. The number of hydrogen-bond acceptors (Lipinski definition) is 8. The molecule has 13 nitrogen and oxygen atoms in total. The Kier molecular flexibility index (Phi) is 12.1. The summed E-state index contributed by atoms with van der Waals surface area (Å²) in [5, 5.41) is 24.8. The lowest BCUT2D eigenvalue weighted by molar-refractivity contribution is -0.139. The predicted octanol–water partition coefficient (Wildman–Crippen LogP) is -4.13. The van der Waals surface area contributed by atoms with E-state index in [9.17, 15) is 29.1 Å². The third kappa shape index (κ3) is 11.0. The van der Waals surface area contributed by atoms with Crippen molar-refractivity contribution in [1.82, 2.24) is 16.0 Å². The Balaban J connectivity index is 5.11. The molecule has 0 saturated carbocycles. The number of unbranched alkanes of at least 4 members (excludes halogenated alkanes) is 1. The van der Waals surface area contributed by atoms with Gasteiger partial charge in [-0.1, -0.05) is 6.42 Å². The number of primary amides is 1. The van der Waals surface area contributed by atoms with Crippen molar-refractivity contribution in [3.05, 3.63) is 0 Å². The zero-order valence-corrected chi connectivity index (χ0v) is 16.2. The highest BCUT2D eigenvalue weighted by molar-refractivity contribution is 5.96. The van der Waals surface area contributed by atoms with Crippen LogP contribution in [0, 0.1) is 0 Å². The Bertz CT molecular complexity index is 598. The fourth-order valence-corrected chi connectivity index (χ4v) is 2.26. The molecule has 0 aromatic carbocycles. The van der Waals surface area contributed by atoms with Crippen LogP contribution in [0.3, 0.4) is 0 Å². The Labute approximate surface area is 167 Å². The molecule has 0 rings (SSSR count). The lowest BCUT2D eigenvalue weighted by Gasteiger charge is -2.24. The van der Waals surface area contributed by atoms with E-state index in [2.05, 4.69) is 10.6 Å². The van der Waals surface area contributed by atoms with Gasteiger partial charge in [0.1, 0.15) is 18.6 Å². The maximum atomic E-state index is 12.5. The van der Waals surface area contributed by atoms with Gasteiger partial charge >= 0.3 is 5.97 Å². The van der Waals surface area contributed by atoms with E-state index in [0.717, 1.165) is 0 Å². The van der Waals surface area contributed by atoms with Crippen LogP contribution in [0.1, 0.15) is 32.6 Å². The summed E-state index contributed by atoms with van der Waals surface area (Å²) in [5.41, 5.74) is 16.2. The molecule has 4 unspecified atom stereocenters. The van der Waals surface area contributed by atoms with Crippen molar-refractivity contribution in [1.29, 1.82) is 0 Å². The summed E-state index contributed by atoms with van der Waals surface area (Å²) in [6, 6.07) is -3.91. The van der Waals surface area contributed by atoms with Gasteiger partial charge in [0.2, 0.25) is 23.6 Å². The quantitative estimate of drug-likeness (QED) is 0.128. The van der Waals surface area contributed by atoms with Crippen LogP contribution in [0.25, 0.3) is 0 Å². The highest BCUT2D eigenvalue weighted by Crippen LogP contribution is 2.02. The minimum absolute atomic E-state index is 0.307. The summed E-state index contributed by atoms with van der Waals surface area (Å²) in [6.07, 6.45) is -0.409. The largest absolute Gasteiger partial charge is 0.480 e. The van der Waals surface area contributed by atoms with E-state index in [0.29, 0.717) is 25.8 Å². The second-order valence-electron chi connectivity index (χ2n) is 6.46. The molecule has 0 heterocycles. The normalized spacial score (nSPS) is 14.8. The molecule has 29 heavy (non-hydrogen) atoms. The molecule has 0 aliphatic heterocycles. The number of aliphatic carboxylic acids is 1. The molecular weight excluding hydrogens is 388 g/mol. The average molecular weight is 418 g/mol. The fraction of sp³-hybridized carbons (Fsp3) is 0.688. The summed E-state index contributed by atoms with van der Waals surface area (Å²) in [7, 11) is 0. The summed E-state index contributed by atoms with van der Waals surface area (Å²) in [5.74, 6) is -4.85. The number of aliphatic hydroxyl groups is 1. The van der Waals surface area contributed by atoms with Crippen LogP contribution in [0.15, 0.2) is 0 Å². The van der Waals surface area contributed by atoms with E-state index in [-0.39, 0.29) is 0 Å². The van der Waals surface area contributed by atoms with Gasteiger partial charge in [0.15, 0.2) is 0 Å². The number of amides is 4. The van der Waals surface area contributed by atoms with Gasteiger partial charge in [0.25, 0.3) is 0 Å². The second-order valence-corrected chi connectivity index (χ2v) is 6.46. The van der Waals surface area contributed by atoms with Crippen LogP contribution in [0.5, 0.6) is 0 Å². The van der Waals surface area contributed by atoms with E-state index in [1.54, 1.807) is 0 Å². The Hall–Kier alpha value is -2.77. The molecule has 0 aromatic rings. The van der Waals surface area contributed by atoms with Gasteiger partial charge in [-0.05, 0) is 26.3 Å². The average Bonchev–Trinajstić information content (AvgIpc) is 2.62. The molecule has 0 bridgehead atoms. The summed E-state index contributed by atoms with van der Waals surface area (Å²) >= 11 is 0. The van der Waals surface area contributed by atoms with Crippen molar-refractivity contribution in [3.8, 4) is 0 Å². The molecular formula is C16H30N6O7. The van der Waals surface area contributed by atoms with Gasteiger partial charge in [0.05, 0.1) is 18.6 Å². The highest BCUT2D eigenvalue weighted by Gasteiger charge is 2.31. The number of nitrogens with two attached hydrogens (primary N) is 3. The van der Waals surface area contributed by atoms with Crippen molar-refractivity contribution in [2.24, 2.45) is 17.2 Å². The summed E-state index contributed by atoms with van der Waals surface area (Å²) < 4.78 is 0. The van der Waals surface area contributed by atoms with Crippen molar-refractivity contribution >= 4 is 29.6 Å². The molecule has 4 amide bonds. The first kappa shape index (κ1) is 26.2. The second kappa shape index (κ2) is 13.4. The van der Waals surface area contributed by atoms with Gasteiger partial charge in [-0.15, -0.1) is 0 Å². The van der Waals surface area contributed by atoms with E-state index < -0.39 is 66.8 Å². The number of rotatable bonds is 14. The molecule has 0 aliphatic carbocycles. The lowest BCUT2D eigenvalue weighted by Crippen LogP contribution is -2.59. The van der Waals surface area contributed by atoms with E-state index in [1.165, 1.54) is 6.92 Å². The van der Waals surface area contributed by atoms with Crippen molar-refractivity contribution < 1.29 is 34.2 Å². The molecule has 0 saturated heterocycles. The minimum Gasteiger partial charge on any atom is -0.480 e. The molecule has 166 valence electrons. The van der Waals surface area contributed by atoms with E-state index in [1.807, 2.05) is 5.32 Å². The lowest BCUT2D eigenvalue weighted by atomic mass is 10.1. The monoisotopic (exact) mass is 418 g/mol. The number of carboxylic acids is 1. The molecule has 11 N–H and O–H groups in total. The van der Waals surface area contributed by atoms with Gasteiger partial charge in [0, 0.05) is 0 Å². The molecule has 0 spiro atoms. The number of carbonyl (C=O) groups excluding carboxylic acids is 4. The fourth-order valence-electron chi connectivity index (χ4n) is 2.26. The Morgan fingerprint density at radius 3 is 2.10 bits per heavy atom.